The molecule has 2 aromatic rings. The van der Waals surface area contributed by atoms with Crippen molar-refractivity contribution in [2.45, 2.75) is 64.3 Å². The molecule has 3 heterocycles. The molecule has 1 saturated heterocycles. The maximum atomic E-state index is 11.6. The van der Waals surface area contributed by atoms with Crippen molar-refractivity contribution in [3.63, 3.8) is 0 Å². The van der Waals surface area contributed by atoms with E-state index in [1.54, 1.807) is 4.68 Å². The number of carbonyl (C=O) groups is 1. The molecule has 0 atom stereocenters. The lowest BCUT2D eigenvalue weighted by atomic mass is 9.92. The Bertz CT molecular complexity index is 783. The Morgan fingerprint density at radius 3 is 2.52 bits per heavy atom. The standard InChI is InChI=1S/C21H29N5O/c1-15-7-8-20(22-14-15)26-21(23-16(2)27)13-19(24-26)17-9-11-25(12-10-17)18-5-3-4-6-18/h7-8,13-14,17-18H,3-6,9-12H2,1-2H3,(H,23,27). The Labute approximate surface area is 161 Å². The third-order valence-corrected chi connectivity index (χ3v) is 5.93. The van der Waals surface area contributed by atoms with Crippen molar-refractivity contribution < 1.29 is 4.79 Å². The summed E-state index contributed by atoms with van der Waals surface area (Å²) in [5.74, 6) is 1.79. The molecule has 1 aliphatic carbocycles. The Morgan fingerprint density at radius 2 is 1.89 bits per heavy atom. The van der Waals surface area contributed by atoms with Crippen molar-refractivity contribution in [2.75, 3.05) is 18.4 Å². The highest BCUT2D eigenvalue weighted by Crippen LogP contribution is 2.33. The Morgan fingerprint density at radius 1 is 1.15 bits per heavy atom. The van der Waals surface area contributed by atoms with Crippen LogP contribution >= 0.6 is 0 Å². The van der Waals surface area contributed by atoms with Crippen LogP contribution in [-0.2, 0) is 4.79 Å². The first-order chi connectivity index (χ1) is 13.1. The molecule has 1 N–H and O–H groups in total. The number of aromatic nitrogens is 3. The number of likely N-dealkylation sites (tertiary alicyclic amines) is 1. The van der Waals surface area contributed by atoms with Gasteiger partial charge in [0.1, 0.15) is 5.82 Å². The number of hydrogen-bond acceptors (Lipinski definition) is 4. The fourth-order valence-corrected chi connectivity index (χ4v) is 4.46. The first kappa shape index (κ1) is 18.2. The third kappa shape index (κ3) is 4.05. The normalized spacial score (nSPS) is 19.5. The minimum absolute atomic E-state index is 0.0918. The predicted molar refractivity (Wildman–Crippen MR) is 106 cm³/mol. The molecule has 0 spiro atoms. The molecule has 4 rings (SSSR count). The lowest BCUT2D eigenvalue weighted by molar-refractivity contribution is -0.114. The zero-order chi connectivity index (χ0) is 18.8. The summed E-state index contributed by atoms with van der Waals surface area (Å²) < 4.78 is 1.76. The topological polar surface area (TPSA) is 63.1 Å². The van der Waals surface area contributed by atoms with Gasteiger partial charge >= 0.3 is 0 Å². The van der Waals surface area contributed by atoms with Crippen LogP contribution < -0.4 is 5.32 Å². The Balaban J connectivity index is 1.53. The summed E-state index contributed by atoms with van der Waals surface area (Å²) in [6, 6.07) is 6.79. The molecule has 1 aliphatic heterocycles. The van der Waals surface area contributed by atoms with Crippen LogP contribution in [0.1, 0.15) is 62.6 Å². The molecule has 2 aliphatic rings. The second-order valence-electron chi connectivity index (χ2n) is 7.99. The van der Waals surface area contributed by atoms with E-state index in [1.807, 2.05) is 31.3 Å². The average Bonchev–Trinajstić information content (AvgIpc) is 3.32. The van der Waals surface area contributed by atoms with E-state index in [-0.39, 0.29) is 5.91 Å². The van der Waals surface area contributed by atoms with Crippen LogP contribution in [0.25, 0.3) is 5.82 Å². The molecule has 6 nitrogen and oxygen atoms in total. The fourth-order valence-electron chi connectivity index (χ4n) is 4.46. The Kier molecular flexibility index (Phi) is 5.25. The molecule has 0 aromatic carbocycles. The SMILES string of the molecule is CC(=O)Nc1cc(C2CCN(C3CCCC3)CC2)nn1-c1ccc(C)cn1. The molecular weight excluding hydrogens is 338 g/mol. The number of anilines is 1. The molecule has 2 fully saturated rings. The highest BCUT2D eigenvalue weighted by molar-refractivity contribution is 5.88. The molecule has 6 heteroatoms. The third-order valence-electron chi connectivity index (χ3n) is 5.93. The van der Waals surface area contributed by atoms with Gasteiger partial charge in [-0.05, 0) is 57.3 Å². The molecule has 0 unspecified atom stereocenters. The number of rotatable bonds is 4. The van der Waals surface area contributed by atoms with Crippen LogP contribution in [0.15, 0.2) is 24.4 Å². The van der Waals surface area contributed by atoms with Crippen LogP contribution in [0.3, 0.4) is 0 Å². The summed E-state index contributed by atoms with van der Waals surface area (Å²) in [6.07, 6.45) is 9.60. The summed E-state index contributed by atoms with van der Waals surface area (Å²) >= 11 is 0. The zero-order valence-electron chi connectivity index (χ0n) is 16.3. The van der Waals surface area contributed by atoms with Gasteiger partial charge in [-0.2, -0.15) is 9.78 Å². The average molecular weight is 367 g/mol. The van der Waals surface area contributed by atoms with Gasteiger partial charge in [-0.25, -0.2) is 4.98 Å². The van der Waals surface area contributed by atoms with E-state index < -0.39 is 0 Å². The number of hydrogen-bond donors (Lipinski definition) is 1. The summed E-state index contributed by atoms with van der Waals surface area (Å²) in [6.45, 7) is 5.85. The monoisotopic (exact) mass is 367 g/mol. The van der Waals surface area contributed by atoms with Crippen molar-refractivity contribution in [3.8, 4) is 5.82 Å². The van der Waals surface area contributed by atoms with Gasteiger partial charge in [0.2, 0.25) is 5.91 Å². The number of piperidine rings is 1. The molecule has 0 radical (unpaired) electrons. The van der Waals surface area contributed by atoms with E-state index in [4.69, 9.17) is 5.10 Å². The van der Waals surface area contributed by atoms with Crippen molar-refractivity contribution in [2.24, 2.45) is 0 Å². The van der Waals surface area contributed by atoms with Gasteiger partial charge in [0.25, 0.3) is 0 Å². The lowest BCUT2D eigenvalue weighted by Crippen LogP contribution is -2.39. The molecule has 27 heavy (non-hydrogen) atoms. The molecule has 1 amide bonds. The smallest absolute Gasteiger partial charge is 0.222 e. The quantitative estimate of drug-likeness (QED) is 0.896. The number of aryl methyl sites for hydroxylation is 1. The van der Waals surface area contributed by atoms with Crippen molar-refractivity contribution >= 4 is 11.7 Å². The first-order valence-corrected chi connectivity index (χ1v) is 10.1. The second kappa shape index (κ2) is 7.80. The van der Waals surface area contributed by atoms with Crippen molar-refractivity contribution in [1.29, 1.82) is 0 Å². The zero-order valence-corrected chi connectivity index (χ0v) is 16.3. The van der Waals surface area contributed by atoms with Crippen LogP contribution in [0.4, 0.5) is 5.82 Å². The van der Waals surface area contributed by atoms with E-state index in [1.165, 1.54) is 32.6 Å². The van der Waals surface area contributed by atoms with Gasteiger partial charge in [0.15, 0.2) is 5.82 Å². The van der Waals surface area contributed by atoms with Crippen molar-refractivity contribution in [3.05, 3.63) is 35.7 Å². The number of pyridine rings is 1. The first-order valence-electron chi connectivity index (χ1n) is 10.1. The molecule has 1 saturated carbocycles. The van der Waals surface area contributed by atoms with Gasteiger partial charge in [0.05, 0.1) is 5.69 Å². The van der Waals surface area contributed by atoms with E-state index >= 15 is 0 Å². The summed E-state index contributed by atoms with van der Waals surface area (Å²) in [7, 11) is 0. The van der Waals surface area contributed by atoms with E-state index in [9.17, 15) is 4.79 Å². The van der Waals surface area contributed by atoms with Crippen LogP contribution in [-0.4, -0.2) is 44.7 Å². The Hall–Kier alpha value is -2.21. The highest BCUT2D eigenvalue weighted by Gasteiger charge is 2.29. The number of amides is 1. The number of nitrogens with one attached hydrogen (secondary N) is 1. The molecule has 2 aromatic heterocycles. The van der Waals surface area contributed by atoms with Gasteiger partial charge in [0, 0.05) is 31.1 Å². The number of nitrogens with zero attached hydrogens (tertiary/aromatic N) is 4. The highest BCUT2D eigenvalue weighted by atomic mass is 16.1. The summed E-state index contributed by atoms with van der Waals surface area (Å²) in [5, 5.41) is 7.74. The number of carbonyl (C=O) groups excluding carboxylic acids is 1. The van der Waals surface area contributed by atoms with Gasteiger partial charge in [-0.15, -0.1) is 0 Å². The minimum atomic E-state index is -0.0918. The summed E-state index contributed by atoms with van der Waals surface area (Å²) in [5.41, 5.74) is 2.17. The predicted octanol–water partition coefficient (Wildman–Crippen LogP) is 3.66. The molecular formula is C21H29N5O. The van der Waals surface area contributed by atoms with Gasteiger partial charge < -0.3 is 10.2 Å². The van der Waals surface area contributed by atoms with E-state index in [0.29, 0.717) is 11.7 Å². The maximum Gasteiger partial charge on any atom is 0.222 e. The van der Waals surface area contributed by atoms with Crippen molar-refractivity contribution in [1.82, 2.24) is 19.7 Å². The largest absolute Gasteiger partial charge is 0.311 e. The molecule has 0 bridgehead atoms. The van der Waals surface area contributed by atoms with Gasteiger partial charge in [-0.1, -0.05) is 18.9 Å². The fraction of sp³-hybridized carbons (Fsp3) is 0.571. The lowest BCUT2D eigenvalue weighted by Gasteiger charge is -2.35. The van der Waals surface area contributed by atoms with E-state index in [2.05, 4.69) is 15.2 Å². The van der Waals surface area contributed by atoms with Crippen LogP contribution in [0.5, 0.6) is 0 Å². The second-order valence-corrected chi connectivity index (χ2v) is 7.99. The van der Waals surface area contributed by atoms with Crippen LogP contribution in [0.2, 0.25) is 0 Å². The van der Waals surface area contributed by atoms with Crippen LogP contribution in [0, 0.1) is 6.92 Å². The summed E-state index contributed by atoms with van der Waals surface area (Å²) in [4.78, 5) is 18.8. The van der Waals surface area contributed by atoms with Gasteiger partial charge in [-0.3, -0.25) is 4.79 Å². The van der Waals surface area contributed by atoms with E-state index in [0.717, 1.165) is 49.0 Å². The maximum absolute atomic E-state index is 11.6. The molecule has 144 valence electrons. The minimum Gasteiger partial charge on any atom is -0.311 e.